The van der Waals surface area contributed by atoms with Crippen LogP contribution in [0.25, 0.3) is 0 Å². The smallest absolute Gasteiger partial charge is 0.337 e. The number of methoxy groups -OCH3 is 1. The first-order chi connectivity index (χ1) is 12.6. The van der Waals surface area contributed by atoms with Crippen molar-refractivity contribution in [3.63, 3.8) is 0 Å². The Morgan fingerprint density at radius 3 is 2.42 bits per heavy atom. The summed E-state index contributed by atoms with van der Waals surface area (Å²) < 4.78 is 5.30. The summed E-state index contributed by atoms with van der Waals surface area (Å²) in [7, 11) is 1.30. The van der Waals surface area contributed by atoms with E-state index in [0.717, 1.165) is 25.9 Å². The monoisotopic (exact) mass is 415 g/mol. The summed E-state index contributed by atoms with van der Waals surface area (Å²) >= 11 is 3.41. The summed E-state index contributed by atoms with van der Waals surface area (Å²) in [6.07, 6.45) is 2.16. The summed E-state index contributed by atoms with van der Waals surface area (Å²) in [6.45, 7) is 1.70. The zero-order chi connectivity index (χ0) is 18.5. The van der Waals surface area contributed by atoms with Gasteiger partial charge in [-0.2, -0.15) is 0 Å². The Morgan fingerprint density at radius 1 is 1.08 bits per heavy atom. The van der Waals surface area contributed by atoms with Gasteiger partial charge in [-0.05, 0) is 40.9 Å². The van der Waals surface area contributed by atoms with Gasteiger partial charge in [0.1, 0.15) is 5.69 Å². The third-order valence-corrected chi connectivity index (χ3v) is 4.72. The highest BCUT2D eigenvalue weighted by Gasteiger charge is 2.21. The van der Waals surface area contributed by atoms with Gasteiger partial charge in [0, 0.05) is 23.1 Å². The van der Waals surface area contributed by atoms with E-state index in [1.807, 2.05) is 11.1 Å². The van der Waals surface area contributed by atoms with Crippen molar-refractivity contribution in [3.8, 4) is 0 Å². The fourth-order valence-electron chi connectivity index (χ4n) is 2.75. The predicted octanol–water partition coefficient (Wildman–Crippen LogP) is 4.56. The summed E-state index contributed by atoms with van der Waals surface area (Å²) in [4.78, 5) is 24.9. The minimum atomic E-state index is -0.518. The van der Waals surface area contributed by atoms with Crippen LogP contribution in [0.4, 0.5) is 5.69 Å². The van der Waals surface area contributed by atoms with E-state index in [9.17, 15) is 9.59 Å². The molecule has 0 unspecified atom stereocenters. The molecule has 26 heavy (non-hydrogen) atoms. The van der Waals surface area contributed by atoms with Gasteiger partial charge in [0.05, 0.1) is 18.2 Å². The van der Waals surface area contributed by atoms with Crippen LogP contribution in [-0.4, -0.2) is 37.0 Å². The lowest BCUT2D eigenvalue weighted by Crippen LogP contribution is -2.10. The SMILES string of the molecule is COC(=O)c1cc(Br)c(N=NN2CCCC2)c(C(=O)c2ccccc2)c1. The van der Waals surface area contributed by atoms with Crippen molar-refractivity contribution in [2.45, 2.75) is 12.8 Å². The van der Waals surface area contributed by atoms with E-state index < -0.39 is 5.97 Å². The second kappa shape index (κ2) is 8.23. The molecular formula is C19H18BrN3O3. The van der Waals surface area contributed by atoms with Crippen LogP contribution in [0.3, 0.4) is 0 Å². The third-order valence-electron chi connectivity index (χ3n) is 4.12. The maximum absolute atomic E-state index is 13.0. The van der Waals surface area contributed by atoms with Gasteiger partial charge in [-0.25, -0.2) is 4.79 Å². The van der Waals surface area contributed by atoms with E-state index in [1.165, 1.54) is 13.2 Å². The minimum absolute atomic E-state index is 0.229. The lowest BCUT2D eigenvalue weighted by Gasteiger charge is -2.11. The molecule has 1 saturated heterocycles. The molecule has 1 fully saturated rings. The van der Waals surface area contributed by atoms with Crippen molar-refractivity contribution in [3.05, 3.63) is 63.6 Å². The highest BCUT2D eigenvalue weighted by molar-refractivity contribution is 9.10. The number of halogens is 1. The quantitative estimate of drug-likeness (QED) is 0.407. The summed E-state index contributed by atoms with van der Waals surface area (Å²) in [5, 5.41) is 10.4. The molecule has 6 nitrogen and oxygen atoms in total. The first kappa shape index (κ1) is 18.3. The minimum Gasteiger partial charge on any atom is -0.465 e. The molecule has 0 atom stereocenters. The Kier molecular flexibility index (Phi) is 5.78. The van der Waals surface area contributed by atoms with Crippen molar-refractivity contribution in [2.75, 3.05) is 20.2 Å². The molecule has 2 aromatic carbocycles. The van der Waals surface area contributed by atoms with Crippen LogP contribution in [0, 0.1) is 0 Å². The van der Waals surface area contributed by atoms with Gasteiger partial charge in [0.25, 0.3) is 0 Å². The number of rotatable bonds is 5. The summed E-state index contributed by atoms with van der Waals surface area (Å²) in [6, 6.07) is 12.0. The number of benzene rings is 2. The molecule has 1 aliphatic rings. The van der Waals surface area contributed by atoms with Crippen LogP contribution in [-0.2, 0) is 4.74 Å². The highest BCUT2D eigenvalue weighted by atomic mass is 79.9. The van der Waals surface area contributed by atoms with Gasteiger partial charge < -0.3 is 4.74 Å². The Bertz CT molecular complexity index is 847. The molecule has 1 heterocycles. The van der Waals surface area contributed by atoms with Crippen LogP contribution in [0.1, 0.15) is 39.1 Å². The maximum Gasteiger partial charge on any atom is 0.337 e. The fourth-order valence-corrected chi connectivity index (χ4v) is 3.29. The number of ketones is 1. The fraction of sp³-hybridized carbons (Fsp3) is 0.263. The average molecular weight is 416 g/mol. The molecule has 1 aliphatic heterocycles. The number of carbonyl (C=O) groups excluding carboxylic acids is 2. The lowest BCUT2D eigenvalue weighted by atomic mass is 9.99. The first-order valence-electron chi connectivity index (χ1n) is 8.28. The van der Waals surface area contributed by atoms with Gasteiger partial charge in [0.2, 0.25) is 0 Å². The largest absolute Gasteiger partial charge is 0.465 e. The standard InChI is InChI=1S/C19H18BrN3O3/c1-26-19(25)14-11-15(18(24)13-7-3-2-4-8-13)17(16(20)12-14)21-22-23-9-5-6-10-23/h2-4,7-8,11-12H,5-6,9-10H2,1H3. The van der Waals surface area contributed by atoms with E-state index >= 15 is 0 Å². The Balaban J connectivity index is 2.06. The number of ether oxygens (including phenoxy) is 1. The van der Waals surface area contributed by atoms with Crippen LogP contribution in [0.5, 0.6) is 0 Å². The normalized spacial score (nSPS) is 14.0. The van der Waals surface area contributed by atoms with Crippen LogP contribution < -0.4 is 0 Å². The molecular weight excluding hydrogens is 398 g/mol. The first-order valence-corrected chi connectivity index (χ1v) is 9.07. The number of carbonyl (C=O) groups is 2. The maximum atomic E-state index is 13.0. The number of nitrogens with zero attached hydrogens (tertiary/aromatic N) is 3. The van der Waals surface area contributed by atoms with Gasteiger partial charge in [-0.15, -0.1) is 5.11 Å². The number of esters is 1. The third kappa shape index (κ3) is 3.99. The predicted molar refractivity (Wildman–Crippen MR) is 101 cm³/mol. The Morgan fingerprint density at radius 2 is 1.77 bits per heavy atom. The van der Waals surface area contributed by atoms with Gasteiger partial charge in [-0.3, -0.25) is 9.80 Å². The highest BCUT2D eigenvalue weighted by Crippen LogP contribution is 2.33. The second-order valence-corrected chi connectivity index (χ2v) is 6.75. The lowest BCUT2D eigenvalue weighted by molar-refractivity contribution is 0.0600. The topological polar surface area (TPSA) is 71.3 Å². The molecule has 0 aromatic heterocycles. The molecule has 0 N–H and O–H groups in total. The van der Waals surface area contributed by atoms with E-state index in [0.29, 0.717) is 21.3 Å². The van der Waals surface area contributed by atoms with E-state index in [1.54, 1.807) is 30.3 Å². The molecule has 7 heteroatoms. The molecule has 2 aromatic rings. The summed E-state index contributed by atoms with van der Waals surface area (Å²) in [5.74, 6) is -0.747. The molecule has 134 valence electrons. The zero-order valence-electron chi connectivity index (χ0n) is 14.3. The number of hydrogen-bond donors (Lipinski definition) is 0. The van der Waals surface area contributed by atoms with Crippen LogP contribution in [0.2, 0.25) is 0 Å². The van der Waals surface area contributed by atoms with E-state index in [4.69, 9.17) is 4.74 Å². The molecule has 0 amide bonds. The number of hydrogen-bond acceptors (Lipinski definition) is 5. The van der Waals surface area contributed by atoms with Gasteiger partial charge in [0.15, 0.2) is 5.78 Å². The molecule has 0 bridgehead atoms. The van der Waals surface area contributed by atoms with Gasteiger partial charge >= 0.3 is 5.97 Å². The van der Waals surface area contributed by atoms with Crippen LogP contribution >= 0.6 is 15.9 Å². The van der Waals surface area contributed by atoms with Crippen molar-refractivity contribution >= 4 is 33.4 Å². The van der Waals surface area contributed by atoms with Crippen molar-refractivity contribution in [1.29, 1.82) is 0 Å². The van der Waals surface area contributed by atoms with E-state index in [2.05, 4.69) is 26.3 Å². The Hall–Kier alpha value is -2.54. The molecule has 0 radical (unpaired) electrons. The van der Waals surface area contributed by atoms with Crippen molar-refractivity contribution in [1.82, 2.24) is 5.01 Å². The van der Waals surface area contributed by atoms with Crippen molar-refractivity contribution in [2.24, 2.45) is 10.3 Å². The average Bonchev–Trinajstić information content (AvgIpc) is 3.19. The van der Waals surface area contributed by atoms with E-state index in [-0.39, 0.29) is 11.3 Å². The second-order valence-electron chi connectivity index (χ2n) is 5.89. The summed E-state index contributed by atoms with van der Waals surface area (Å²) in [5.41, 5.74) is 1.49. The molecule has 0 spiro atoms. The molecule has 3 rings (SSSR count). The van der Waals surface area contributed by atoms with Crippen molar-refractivity contribution < 1.29 is 14.3 Å². The molecule has 0 aliphatic carbocycles. The van der Waals surface area contributed by atoms with Crippen LogP contribution in [0.15, 0.2) is 57.3 Å². The molecule has 0 saturated carbocycles. The zero-order valence-corrected chi connectivity index (χ0v) is 15.9. The Labute approximate surface area is 160 Å². The van der Waals surface area contributed by atoms with Gasteiger partial charge in [-0.1, -0.05) is 35.6 Å².